The lowest BCUT2D eigenvalue weighted by Gasteiger charge is -2.12. The molecular formula is C11H15N3O2. The van der Waals surface area contributed by atoms with Crippen molar-refractivity contribution in [2.45, 2.75) is 19.4 Å². The first-order valence-corrected chi connectivity index (χ1v) is 5.02. The number of nitrogens with zero attached hydrogens (tertiary/aromatic N) is 3. The minimum absolute atomic E-state index is 0.294. The van der Waals surface area contributed by atoms with Gasteiger partial charge in [-0.25, -0.2) is 0 Å². The largest absolute Gasteiger partial charge is 0.496 e. The van der Waals surface area contributed by atoms with Crippen molar-refractivity contribution in [3.8, 4) is 5.75 Å². The van der Waals surface area contributed by atoms with Crippen molar-refractivity contribution >= 4 is 0 Å². The second-order valence-corrected chi connectivity index (χ2v) is 3.49. The molecule has 16 heavy (non-hydrogen) atoms. The van der Waals surface area contributed by atoms with E-state index >= 15 is 0 Å². The van der Waals surface area contributed by atoms with Crippen molar-refractivity contribution in [3.63, 3.8) is 0 Å². The summed E-state index contributed by atoms with van der Waals surface area (Å²) in [5, 5.41) is 13.2. The Bertz CT molecular complexity index is 400. The van der Waals surface area contributed by atoms with E-state index in [-0.39, 0.29) is 0 Å². The molecule has 0 aliphatic carbocycles. The number of aliphatic hydroxyl groups excluding tert-OH is 1. The molecule has 0 radical (unpaired) electrons. The highest BCUT2D eigenvalue weighted by atomic mass is 16.5. The number of benzene rings is 1. The minimum Gasteiger partial charge on any atom is -0.496 e. The summed E-state index contributed by atoms with van der Waals surface area (Å²) in [7, 11) is 1.61. The number of aliphatic hydroxyl groups is 1. The standard InChI is InChI=1S/C11H15N3O2/c1-8-7-9(3-4-11(8)16-2)10(15)5-6-13-14-12/h3-4,7,10,15H,5-6H2,1-2H3. The van der Waals surface area contributed by atoms with E-state index in [1.54, 1.807) is 7.11 Å². The quantitative estimate of drug-likeness (QED) is 0.471. The van der Waals surface area contributed by atoms with Crippen molar-refractivity contribution in [3.05, 3.63) is 39.8 Å². The Kier molecular flexibility index (Phi) is 4.64. The highest BCUT2D eigenvalue weighted by Gasteiger charge is 2.08. The normalized spacial score (nSPS) is 11.7. The molecule has 0 spiro atoms. The molecule has 1 unspecified atom stereocenters. The lowest BCUT2D eigenvalue weighted by Crippen LogP contribution is -2.00. The number of hydrogen-bond donors (Lipinski definition) is 1. The van der Waals surface area contributed by atoms with E-state index in [1.807, 2.05) is 25.1 Å². The lowest BCUT2D eigenvalue weighted by atomic mass is 10.0. The number of aryl methyl sites for hydroxylation is 1. The zero-order chi connectivity index (χ0) is 12.0. The summed E-state index contributed by atoms with van der Waals surface area (Å²) in [6.07, 6.45) is -0.175. The van der Waals surface area contributed by atoms with Gasteiger partial charge >= 0.3 is 0 Å². The van der Waals surface area contributed by atoms with Crippen LogP contribution >= 0.6 is 0 Å². The van der Waals surface area contributed by atoms with E-state index in [0.29, 0.717) is 13.0 Å². The monoisotopic (exact) mass is 221 g/mol. The van der Waals surface area contributed by atoms with Gasteiger partial charge in [0.15, 0.2) is 0 Å². The smallest absolute Gasteiger partial charge is 0.121 e. The van der Waals surface area contributed by atoms with Crippen molar-refractivity contribution in [2.75, 3.05) is 13.7 Å². The van der Waals surface area contributed by atoms with Crippen LogP contribution in [0.5, 0.6) is 5.75 Å². The average molecular weight is 221 g/mol. The molecule has 0 aliphatic rings. The molecule has 1 aromatic rings. The van der Waals surface area contributed by atoms with Crippen LogP contribution in [0.4, 0.5) is 0 Å². The van der Waals surface area contributed by atoms with Crippen LogP contribution in [0.25, 0.3) is 10.4 Å². The summed E-state index contributed by atoms with van der Waals surface area (Å²) >= 11 is 0. The fourth-order valence-corrected chi connectivity index (χ4v) is 1.50. The maximum atomic E-state index is 9.81. The second-order valence-electron chi connectivity index (χ2n) is 3.49. The fraction of sp³-hybridized carbons (Fsp3) is 0.455. The molecule has 0 heterocycles. The van der Waals surface area contributed by atoms with Crippen molar-refractivity contribution < 1.29 is 9.84 Å². The Balaban J connectivity index is 2.72. The maximum Gasteiger partial charge on any atom is 0.121 e. The molecule has 0 amide bonds. The SMILES string of the molecule is COc1ccc(C(O)CCN=[N+]=[N-])cc1C. The van der Waals surface area contributed by atoms with Gasteiger partial charge in [-0.15, -0.1) is 0 Å². The zero-order valence-electron chi connectivity index (χ0n) is 9.42. The van der Waals surface area contributed by atoms with Crippen LogP contribution < -0.4 is 4.74 Å². The van der Waals surface area contributed by atoms with Crippen molar-refractivity contribution in [2.24, 2.45) is 5.11 Å². The molecule has 0 saturated heterocycles. The number of methoxy groups -OCH3 is 1. The maximum absolute atomic E-state index is 9.81. The van der Waals surface area contributed by atoms with Gasteiger partial charge in [0.1, 0.15) is 5.75 Å². The van der Waals surface area contributed by atoms with Gasteiger partial charge in [-0.1, -0.05) is 11.2 Å². The molecule has 1 N–H and O–H groups in total. The summed E-state index contributed by atoms with van der Waals surface area (Å²) in [5.74, 6) is 0.797. The molecule has 0 fully saturated rings. The third kappa shape index (κ3) is 3.15. The lowest BCUT2D eigenvalue weighted by molar-refractivity contribution is 0.170. The van der Waals surface area contributed by atoms with Gasteiger partial charge in [-0.3, -0.25) is 0 Å². The van der Waals surface area contributed by atoms with Crippen LogP contribution in [0.3, 0.4) is 0 Å². The molecule has 5 nitrogen and oxygen atoms in total. The highest BCUT2D eigenvalue weighted by Crippen LogP contribution is 2.24. The third-order valence-electron chi connectivity index (χ3n) is 2.37. The molecule has 1 aromatic carbocycles. The van der Waals surface area contributed by atoms with Crippen LogP contribution in [-0.4, -0.2) is 18.8 Å². The van der Waals surface area contributed by atoms with Gasteiger partial charge in [-0.05, 0) is 42.1 Å². The first-order chi connectivity index (χ1) is 7.69. The van der Waals surface area contributed by atoms with Gasteiger partial charge in [0.25, 0.3) is 0 Å². The van der Waals surface area contributed by atoms with Crippen molar-refractivity contribution in [1.82, 2.24) is 0 Å². The van der Waals surface area contributed by atoms with Gasteiger partial charge in [0.05, 0.1) is 13.2 Å². The molecule has 0 saturated carbocycles. The molecular weight excluding hydrogens is 206 g/mol. The number of hydrogen-bond acceptors (Lipinski definition) is 3. The highest BCUT2D eigenvalue weighted by molar-refractivity contribution is 5.36. The molecule has 1 atom stereocenters. The third-order valence-corrected chi connectivity index (χ3v) is 2.37. The number of azide groups is 1. The molecule has 5 heteroatoms. The van der Waals surface area contributed by atoms with E-state index in [1.165, 1.54) is 0 Å². The summed E-state index contributed by atoms with van der Waals surface area (Å²) < 4.78 is 5.13. The van der Waals surface area contributed by atoms with E-state index < -0.39 is 6.10 Å². The van der Waals surface area contributed by atoms with Gasteiger partial charge in [0.2, 0.25) is 0 Å². The van der Waals surface area contributed by atoms with E-state index in [4.69, 9.17) is 10.3 Å². The van der Waals surface area contributed by atoms with Crippen molar-refractivity contribution in [1.29, 1.82) is 0 Å². The predicted molar refractivity (Wildman–Crippen MR) is 61.3 cm³/mol. The van der Waals surface area contributed by atoms with E-state index in [0.717, 1.165) is 16.9 Å². The van der Waals surface area contributed by atoms with Gasteiger partial charge in [0, 0.05) is 11.5 Å². The Hall–Kier alpha value is -1.71. The molecule has 1 rings (SSSR count). The molecule has 0 bridgehead atoms. The Morgan fingerprint density at radius 3 is 2.88 bits per heavy atom. The van der Waals surface area contributed by atoms with E-state index in [2.05, 4.69) is 10.0 Å². The summed E-state index contributed by atoms with van der Waals surface area (Å²) in [6.45, 7) is 2.21. The van der Waals surface area contributed by atoms with Crippen LogP contribution in [-0.2, 0) is 0 Å². The van der Waals surface area contributed by atoms with Crippen LogP contribution in [0.2, 0.25) is 0 Å². The number of rotatable bonds is 5. The summed E-state index contributed by atoms with van der Waals surface area (Å²) in [6, 6.07) is 5.51. The zero-order valence-corrected chi connectivity index (χ0v) is 9.42. The average Bonchev–Trinajstić information content (AvgIpc) is 2.29. The van der Waals surface area contributed by atoms with Crippen LogP contribution in [0.1, 0.15) is 23.7 Å². The molecule has 86 valence electrons. The Morgan fingerprint density at radius 2 is 2.31 bits per heavy atom. The number of ether oxygens (including phenoxy) is 1. The van der Waals surface area contributed by atoms with E-state index in [9.17, 15) is 5.11 Å². The first kappa shape index (κ1) is 12.4. The second kappa shape index (κ2) is 6.00. The summed E-state index contributed by atoms with van der Waals surface area (Å²) in [5.41, 5.74) is 9.91. The van der Waals surface area contributed by atoms with Gasteiger partial charge in [-0.2, -0.15) is 0 Å². The predicted octanol–water partition coefficient (Wildman–Crippen LogP) is 2.74. The van der Waals surface area contributed by atoms with Crippen LogP contribution in [0.15, 0.2) is 23.3 Å². The topological polar surface area (TPSA) is 78.2 Å². The molecule has 0 aliphatic heterocycles. The van der Waals surface area contributed by atoms with Crippen LogP contribution in [0, 0.1) is 6.92 Å². The summed E-state index contributed by atoms with van der Waals surface area (Å²) in [4.78, 5) is 2.64. The fourth-order valence-electron chi connectivity index (χ4n) is 1.50. The minimum atomic E-state index is -0.602. The first-order valence-electron chi connectivity index (χ1n) is 5.02. The molecule has 0 aromatic heterocycles. The Morgan fingerprint density at radius 1 is 1.56 bits per heavy atom. The Labute approximate surface area is 94.3 Å². The van der Waals surface area contributed by atoms with Gasteiger partial charge < -0.3 is 9.84 Å².